The van der Waals surface area contributed by atoms with Gasteiger partial charge in [-0.1, -0.05) is 36.4 Å². The lowest BCUT2D eigenvalue weighted by molar-refractivity contribution is 0.0470. The second-order valence-corrected chi connectivity index (χ2v) is 6.51. The van der Waals surface area contributed by atoms with Crippen molar-refractivity contribution in [3.05, 3.63) is 95.7 Å². The number of para-hydroxylation sites is 1. The maximum atomic E-state index is 12.3. The number of Topliss-reactive ketones (excluding diaryl/α,β-unsaturated/α-hetero) is 1. The molecule has 1 aromatic heterocycles. The first-order valence-corrected chi connectivity index (χ1v) is 9.22. The van der Waals surface area contributed by atoms with Crippen molar-refractivity contribution in [2.24, 2.45) is 0 Å². The zero-order valence-corrected chi connectivity index (χ0v) is 15.8. The van der Waals surface area contributed by atoms with Gasteiger partial charge in [0.2, 0.25) is 0 Å². The second kappa shape index (κ2) is 8.40. The number of hydrogen-bond acceptors (Lipinski definition) is 5. The van der Waals surface area contributed by atoms with Gasteiger partial charge in [0.15, 0.2) is 18.1 Å². The molecule has 4 rings (SSSR count). The molecule has 0 aliphatic carbocycles. The number of anilines is 1. The molecule has 0 fully saturated rings. The maximum absolute atomic E-state index is 12.3. The van der Waals surface area contributed by atoms with E-state index in [0.29, 0.717) is 27.7 Å². The smallest absolute Gasteiger partial charge is 0.359 e. The van der Waals surface area contributed by atoms with Crippen molar-refractivity contribution in [1.29, 1.82) is 0 Å². The quantitative estimate of drug-likeness (QED) is 0.379. The highest BCUT2D eigenvalue weighted by molar-refractivity contribution is 6.05. The Balaban J connectivity index is 1.36. The molecule has 7 heteroatoms. The van der Waals surface area contributed by atoms with Crippen LogP contribution in [0.3, 0.4) is 0 Å². The number of esters is 1. The van der Waals surface area contributed by atoms with Crippen LogP contribution >= 0.6 is 0 Å². The molecule has 30 heavy (non-hydrogen) atoms. The number of hydrogen-bond donors (Lipinski definition) is 2. The lowest BCUT2D eigenvalue weighted by Gasteiger charge is -2.07. The van der Waals surface area contributed by atoms with Crippen LogP contribution in [0.5, 0.6) is 0 Å². The maximum Gasteiger partial charge on any atom is 0.359 e. The summed E-state index contributed by atoms with van der Waals surface area (Å²) in [4.78, 5) is 36.8. The average Bonchev–Trinajstić information content (AvgIpc) is 3.22. The fourth-order valence-corrected chi connectivity index (χ4v) is 2.93. The van der Waals surface area contributed by atoms with Gasteiger partial charge in [-0.2, -0.15) is 5.10 Å². The van der Waals surface area contributed by atoms with Crippen molar-refractivity contribution >= 4 is 34.3 Å². The zero-order valence-electron chi connectivity index (χ0n) is 15.8. The van der Waals surface area contributed by atoms with Gasteiger partial charge in [0.1, 0.15) is 0 Å². The number of carbonyl (C=O) groups is 3. The van der Waals surface area contributed by atoms with E-state index in [2.05, 4.69) is 15.5 Å². The first kappa shape index (κ1) is 19.1. The van der Waals surface area contributed by atoms with E-state index in [1.165, 1.54) is 0 Å². The highest BCUT2D eigenvalue weighted by Crippen LogP contribution is 2.16. The van der Waals surface area contributed by atoms with E-state index >= 15 is 0 Å². The third kappa shape index (κ3) is 4.10. The first-order valence-electron chi connectivity index (χ1n) is 9.22. The summed E-state index contributed by atoms with van der Waals surface area (Å²) in [7, 11) is 0. The molecule has 0 bridgehead atoms. The monoisotopic (exact) mass is 399 g/mol. The summed E-state index contributed by atoms with van der Waals surface area (Å²) in [6.45, 7) is -0.407. The predicted molar refractivity (Wildman–Crippen MR) is 112 cm³/mol. The van der Waals surface area contributed by atoms with E-state index in [4.69, 9.17) is 4.74 Å². The summed E-state index contributed by atoms with van der Waals surface area (Å²) in [5.74, 6) is -1.27. The fourth-order valence-electron chi connectivity index (χ4n) is 2.93. The average molecular weight is 399 g/mol. The number of rotatable bonds is 6. The van der Waals surface area contributed by atoms with Crippen LogP contribution in [0.25, 0.3) is 10.9 Å². The largest absolute Gasteiger partial charge is 0.452 e. The van der Waals surface area contributed by atoms with Crippen LogP contribution in [0.1, 0.15) is 31.2 Å². The van der Waals surface area contributed by atoms with Gasteiger partial charge >= 0.3 is 5.97 Å². The van der Waals surface area contributed by atoms with E-state index in [1.54, 1.807) is 66.7 Å². The molecule has 1 heterocycles. The number of H-pyrrole nitrogens is 1. The van der Waals surface area contributed by atoms with Crippen LogP contribution < -0.4 is 5.32 Å². The van der Waals surface area contributed by atoms with Gasteiger partial charge in [-0.15, -0.1) is 0 Å². The number of aromatic amines is 1. The van der Waals surface area contributed by atoms with Crippen molar-refractivity contribution < 1.29 is 19.1 Å². The molecule has 2 N–H and O–H groups in total. The van der Waals surface area contributed by atoms with Crippen molar-refractivity contribution in [1.82, 2.24) is 10.2 Å². The fraction of sp³-hybridized carbons (Fsp3) is 0.0435. The van der Waals surface area contributed by atoms with Gasteiger partial charge in [0.25, 0.3) is 5.91 Å². The van der Waals surface area contributed by atoms with Gasteiger partial charge in [-0.05, 0) is 42.5 Å². The Bertz CT molecular complexity index is 1210. The first-order chi connectivity index (χ1) is 14.6. The van der Waals surface area contributed by atoms with Crippen LogP contribution in [-0.2, 0) is 4.74 Å². The summed E-state index contributed by atoms with van der Waals surface area (Å²) in [6, 6.07) is 22.4. The molecule has 0 saturated heterocycles. The molecule has 1 amide bonds. The molecule has 0 unspecified atom stereocenters. The number of aromatic nitrogens is 2. The van der Waals surface area contributed by atoms with E-state index in [0.717, 1.165) is 0 Å². The van der Waals surface area contributed by atoms with E-state index in [9.17, 15) is 14.4 Å². The highest BCUT2D eigenvalue weighted by atomic mass is 16.5. The number of carbonyl (C=O) groups excluding carboxylic acids is 3. The van der Waals surface area contributed by atoms with Crippen LogP contribution in [0.15, 0.2) is 78.9 Å². The molecule has 7 nitrogen and oxygen atoms in total. The third-order valence-corrected chi connectivity index (χ3v) is 4.50. The number of nitrogens with one attached hydrogen (secondary N) is 2. The van der Waals surface area contributed by atoms with Crippen LogP contribution in [0, 0.1) is 0 Å². The molecular weight excluding hydrogens is 382 g/mol. The summed E-state index contributed by atoms with van der Waals surface area (Å²) < 4.78 is 5.12. The standard InChI is InChI=1S/C23H17N3O4/c27-20(14-30-23(29)21-18-8-4-5-9-19(18)25-26-21)15-10-12-17(13-11-15)24-22(28)16-6-2-1-3-7-16/h1-13H,14H2,(H,24,28)(H,25,26). The number of amides is 1. The molecule has 3 aromatic carbocycles. The highest BCUT2D eigenvalue weighted by Gasteiger charge is 2.17. The van der Waals surface area contributed by atoms with Gasteiger partial charge in [-0.3, -0.25) is 14.7 Å². The van der Waals surface area contributed by atoms with Gasteiger partial charge in [-0.25, -0.2) is 4.79 Å². The Kier molecular flexibility index (Phi) is 5.34. The Morgan fingerprint density at radius 3 is 2.30 bits per heavy atom. The molecule has 0 saturated carbocycles. The van der Waals surface area contributed by atoms with Gasteiger partial charge in [0, 0.05) is 22.2 Å². The van der Waals surface area contributed by atoms with Crippen molar-refractivity contribution in [2.75, 3.05) is 11.9 Å². The van der Waals surface area contributed by atoms with E-state index in [-0.39, 0.29) is 17.4 Å². The molecule has 0 aliphatic heterocycles. The van der Waals surface area contributed by atoms with Crippen LogP contribution in [-0.4, -0.2) is 34.5 Å². The zero-order chi connectivity index (χ0) is 20.9. The van der Waals surface area contributed by atoms with Crippen molar-refractivity contribution in [3.8, 4) is 0 Å². The Morgan fingerprint density at radius 2 is 1.53 bits per heavy atom. The molecule has 0 aliphatic rings. The van der Waals surface area contributed by atoms with Crippen molar-refractivity contribution in [2.45, 2.75) is 0 Å². The Labute approximate surface area is 171 Å². The van der Waals surface area contributed by atoms with Gasteiger partial charge in [0.05, 0.1) is 5.52 Å². The minimum atomic E-state index is -0.674. The second-order valence-electron chi connectivity index (χ2n) is 6.51. The van der Waals surface area contributed by atoms with E-state index in [1.807, 2.05) is 12.1 Å². The number of benzene rings is 3. The number of ketones is 1. The lowest BCUT2D eigenvalue weighted by atomic mass is 10.1. The van der Waals surface area contributed by atoms with Gasteiger partial charge < -0.3 is 10.1 Å². The number of fused-ring (bicyclic) bond motifs is 1. The van der Waals surface area contributed by atoms with E-state index < -0.39 is 12.6 Å². The molecule has 0 spiro atoms. The molecular formula is C23H17N3O4. The van der Waals surface area contributed by atoms with Crippen molar-refractivity contribution in [3.63, 3.8) is 0 Å². The molecule has 4 aromatic rings. The summed E-state index contributed by atoms with van der Waals surface area (Å²) >= 11 is 0. The summed E-state index contributed by atoms with van der Waals surface area (Å²) in [5.41, 5.74) is 2.31. The molecule has 0 radical (unpaired) electrons. The number of ether oxygens (including phenoxy) is 1. The molecule has 0 atom stereocenters. The SMILES string of the molecule is O=C(COC(=O)c1n[nH]c2ccccc12)c1ccc(NC(=O)c2ccccc2)cc1. The predicted octanol–water partition coefficient (Wildman–Crippen LogP) is 3.85. The van der Waals surface area contributed by atoms with Crippen LogP contribution in [0.2, 0.25) is 0 Å². The number of nitrogens with zero attached hydrogens (tertiary/aromatic N) is 1. The minimum Gasteiger partial charge on any atom is -0.452 e. The third-order valence-electron chi connectivity index (χ3n) is 4.50. The Hall–Kier alpha value is -4.26. The van der Waals surface area contributed by atoms with Crippen LogP contribution in [0.4, 0.5) is 5.69 Å². The minimum absolute atomic E-state index is 0.136. The summed E-state index contributed by atoms with van der Waals surface area (Å²) in [6.07, 6.45) is 0. The molecule has 148 valence electrons. The normalized spacial score (nSPS) is 10.5. The topological polar surface area (TPSA) is 101 Å². The summed E-state index contributed by atoms with van der Waals surface area (Å²) in [5, 5.41) is 10.1. The lowest BCUT2D eigenvalue weighted by Crippen LogP contribution is -2.15. The Morgan fingerprint density at radius 1 is 0.833 bits per heavy atom.